The van der Waals surface area contributed by atoms with Crippen molar-refractivity contribution in [2.45, 2.75) is 39.8 Å². The van der Waals surface area contributed by atoms with Gasteiger partial charge in [-0.1, -0.05) is 54.6 Å². The van der Waals surface area contributed by atoms with E-state index in [0.717, 1.165) is 39.3 Å². The van der Waals surface area contributed by atoms with E-state index in [1.165, 1.54) is 0 Å². The molecule has 0 radical (unpaired) electrons. The SMILES string of the molecule is CCOC(=O)CCc1cn(Cc2ccc(OCc3nc(-c4ccccc4)oc3C)nc2)cc1-c1ccccc1. The van der Waals surface area contributed by atoms with E-state index in [1.807, 2.05) is 80.7 Å². The Hall–Kier alpha value is -4.65. The van der Waals surface area contributed by atoms with Crippen LogP contribution in [-0.2, 0) is 29.1 Å². The van der Waals surface area contributed by atoms with Crippen molar-refractivity contribution in [1.82, 2.24) is 14.5 Å². The fraction of sp³-hybridized carbons (Fsp3) is 0.219. The molecule has 0 aliphatic carbocycles. The Kier molecular flexibility index (Phi) is 8.17. The van der Waals surface area contributed by atoms with Gasteiger partial charge in [-0.2, -0.15) is 0 Å². The minimum Gasteiger partial charge on any atom is -0.471 e. The molecule has 7 heteroatoms. The smallest absolute Gasteiger partial charge is 0.306 e. The average molecular weight is 522 g/mol. The number of aryl methyl sites for hydroxylation is 2. The van der Waals surface area contributed by atoms with Crippen molar-refractivity contribution < 1.29 is 18.7 Å². The van der Waals surface area contributed by atoms with Crippen molar-refractivity contribution in [3.63, 3.8) is 0 Å². The number of hydrogen-bond donors (Lipinski definition) is 0. The highest BCUT2D eigenvalue weighted by Crippen LogP contribution is 2.27. The Bertz CT molecular complexity index is 1510. The molecule has 0 aliphatic rings. The van der Waals surface area contributed by atoms with E-state index in [-0.39, 0.29) is 12.6 Å². The van der Waals surface area contributed by atoms with Crippen LogP contribution in [0.15, 0.2) is 95.8 Å². The quantitative estimate of drug-likeness (QED) is 0.181. The third kappa shape index (κ3) is 6.62. The number of ether oxygens (including phenoxy) is 2. The highest BCUT2D eigenvalue weighted by molar-refractivity contribution is 5.72. The molecule has 3 heterocycles. The van der Waals surface area contributed by atoms with Crippen molar-refractivity contribution >= 4 is 5.97 Å². The standard InChI is InChI=1S/C32H31N3O4/c1-3-37-31(36)17-15-27-20-35(21-28(27)25-10-6-4-7-11-25)19-24-14-16-30(33-18-24)38-22-29-23(2)39-32(34-29)26-12-8-5-9-13-26/h4-14,16,18,20-21H,3,15,17,19,22H2,1-2H3. The Morgan fingerprint density at radius 3 is 2.38 bits per heavy atom. The van der Waals surface area contributed by atoms with E-state index >= 15 is 0 Å². The summed E-state index contributed by atoms with van der Waals surface area (Å²) in [6.45, 7) is 5.03. The van der Waals surface area contributed by atoms with Crippen molar-refractivity contribution in [1.29, 1.82) is 0 Å². The lowest BCUT2D eigenvalue weighted by Crippen LogP contribution is -2.05. The lowest BCUT2D eigenvalue weighted by atomic mass is 10.0. The summed E-state index contributed by atoms with van der Waals surface area (Å²) in [5.41, 5.74) is 6.06. The van der Waals surface area contributed by atoms with Gasteiger partial charge < -0.3 is 18.5 Å². The molecule has 0 amide bonds. The second-order valence-corrected chi connectivity index (χ2v) is 9.22. The van der Waals surface area contributed by atoms with E-state index in [2.05, 4.69) is 39.1 Å². The van der Waals surface area contributed by atoms with Crippen LogP contribution < -0.4 is 4.74 Å². The van der Waals surface area contributed by atoms with Crippen LogP contribution in [-0.4, -0.2) is 27.1 Å². The van der Waals surface area contributed by atoms with Gasteiger partial charge in [0.2, 0.25) is 11.8 Å². The predicted octanol–water partition coefficient (Wildman–Crippen LogP) is 6.64. The zero-order valence-corrected chi connectivity index (χ0v) is 22.2. The van der Waals surface area contributed by atoms with Crippen molar-refractivity contribution in [3.8, 4) is 28.5 Å². The van der Waals surface area contributed by atoms with Crippen LogP contribution in [0.4, 0.5) is 0 Å². The van der Waals surface area contributed by atoms with Gasteiger partial charge in [0.25, 0.3) is 0 Å². The number of carbonyl (C=O) groups is 1. The van der Waals surface area contributed by atoms with Crippen LogP contribution >= 0.6 is 0 Å². The maximum atomic E-state index is 12.0. The van der Waals surface area contributed by atoms with Gasteiger partial charge in [-0.3, -0.25) is 4.79 Å². The maximum absolute atomic E-state index is 12.0. The lowest BCUT2D eigenvalue weighted by Gasteiger charge is -2.06. The van der Waals surface area contributed by atoms with Crippen LogP contribution in [0.3, 0.4) is 0 Å². The molecule has 5 rings (SSSR count). The normalized spacial score (nSPS) is 10.9. The number of benzene rings is 2. The number of oxazole rings is 1. The number of carbonyl (C=O) groups excluding carboxylic acids is 1. The molecule has 3 aromatic heterocycles. The molecule has 0 spiro atoms. The molecule has 0 unspecified atom stereocenters. The minimum atomic E-state index is -0.179. The summed E-state index contributed by atoms with van der Waals surface area (Å²) in [6.07, 6.45) is 7.01. The van der Waals surface area contributed by atoms with Gasteiger partial charge in [0.1, 0.15) is 18.1 Å². The Balaban J connectivity index is 1.24. The van der Waals surface area contributed by atoms with Gasteiger partial charge in [-0.15, -0.1) is 0 Å². The summed E-state index contributed by atoms with van der Waals surface area (Å²) in [4.78, 5) is 21.0. The molecule has 7 nitrogen and oxygen atoms in total. The highest BCUT2D eigenvalue weighted by atomic mass is 16.5. The summed E-state index contributed by atoms with van der Waals surface area (Å²) in [5.74, 6) is 1.65. The molecular formula is C32H31N3O4. The van der Waals surface area contributed by atoms with Crippen molar-refractivity contribution in [2.24, 2.45) is 0 Å². The number of hydrogen-bond acceptors (Lipinski definition) is 6. The maximum Gasteiger partial charge on any atom is 0.306 e. The van der Waals surface area contributed by atoms with Gasteiger partial charge in [0.15, 0.2) is 0 Å². The van der Waals surface area contributed by atoms with Crippen LogP contribution in [0.25, 0.3) is 22.6 Å². The first kappa shape index (κ1) is 26.0. The Labute approximate surface area is 228 Å². The number of rotatable bonds is 11. The number of aromatic nitrogens is 3. The van der Waals surface area contributed by atoms with E-state index in [0.29, 0.717) is 37.8 Å². The Morgan fingerprint density at radius 2 is 1.69 bits per heavy atom. The average Bonchev–Trinajstić information content (AvgIpc) is 3.55. The number of pyridine rings is 1. The topological polar surface area (TPSA) is 79.4 Å². The molecule has 0 N–H and O–H groups in total. The first-order chi connectivity index (χ1) is 19.1. The summed E-state index contributed by atoms with van der Waals surface area (Å²) in [5, 5.41) is 0. The summed E-state index contributed by atoms with van der Waals surface area (Å²) < 4.78 is 19.0. The minimum absolute atomic E-state index is 0.179. The third-order valence-corrected chi connectivity index (χ3v) is 6.38. The van der Waals surface area contributed by atoms with Crippen molar-refractivity contribution in [3.05, 3.63) is 114 Å². The zero-order chi connectivity index (χ0) is 27.0. The molecule has 2 aromatic carbocycles. The second kappa shape index (κ2) is 12.3. The summed E-state index contributed by atoms with van der Waals surface area (Å²) >= 11 is 0. The Morgan fingerprint density at radius 1 is 0.949 bits per heavy atom. The number of nitrogens with zero attached hydrogens (tertiary/aromatic N) is 3. The van der Waals surface area contributed by atoms with Crippen LogP contribution in [0.2, 0.25) is 0 Å². The van der Waals surface area contributed by atoms with E-state index in [4.69, 9.17) is 13.9 Å². The molecule has 39 heavy (non-hydrogen) atoms. The van der Waals surface area contributed by atoms with E-state index in [9.17, 15) is 4.79 Å². The van der Waals surface area contributed by atoms with Crippen LogP contribution in [0.1, 0.15) is 35.9 Å². The highest BCUT2D eigenvalue weighted by Gasteiger charge is 2.14. The summed E-state index contributed by atoms with van der Waals surface area (Å²) in [7, 11) is 0. The fourth-order valence-electron chi connectivity index (χ4n) is 4.40. The van der Waals surface area contributed by atoms with Crippen molar-refractivity contribution in [2.75, 3.05) is 6.61 Å². The molecule has 0 bridgehead atoms. The van der Waals surface area contributed by atoms with Gasteiger partial charge in [-0.05, 0) is 49.1 Å². The fourth-order valence-corrected chi connectivity index (χ4v) is 4.40. The third-order valence-electron chi connectivity index (χ3n) is 6.38. The zero-order valence-electron chi connectivity index (χ0n) is 22.2. The van der Waals surface area contributed by atoms with Crippen LogP contribution in [0, 0.1) is 6.92 Å². The largest absolute Gasteiger partial charge is 0.471 e. The molecule has 198 valence electrons. The molecule has 0 aliphatic heterocycles. The molecule has 0 fully saturated rings. The molecule has 5 aromatic rings. The van der Waals surface area contributed by atoms with Crippen LogP contribution in [0.5, 0.6) is 5.88 Å². The molecule has 0 atom stereocenters. The molecule has 0 saturated heterocycles. The van der Waals surface area contributed by atoms with E-state index < -0.39 is 0 Å². The monoisotopic (exact) mass is 521 g/mol. The van der Waals surface area contributed by atoms with Gasteiger partial charge >= 0.3 is 5.97 Å². The first-order valence-corrected chi connectivity index (χ1v) is 13.1. The summed E-state index contributed by atoms with van der Waals surface area (Å²) in [6, 6.07) is 23.9. The predicted molar refractivity (Wildman–Crippen MR) is 149 cm³/mol. The van der Waals surface area contributed by atoms with Gasteiger partial charge in [-0.25, -0.2) is 9.97 Å². The number of esters is 1. The van der Waals surface area contributed by atoms with Gasteiger partial charge in [0.05, 0.1) is 6.61 Å². The van der Waals surface area contributed by atoms with E-state index in [1.54, 1.807) is 0 Å². The second-order valence-electron chi connectivity index (χ2n) is 9.22. The van der Waals surface area contributed by atoms with Gasteiger partial charge in [0, 0.05) is 48.7 Å². The molecule has 0 saturated carbocycles. The lowest BCUT2D eigenvalue weighted by molar-refractivity contribution is -0.143. The first-order valence-electron chi connectivity index (χ1n) is 13.1. The molecular weight excluding hydrogens is 490 g/mol.